The summed E-state index contributed by atoms with van der Waals surface area (Å²) in [5.41, 5.74) is 3.96. The number of nitrogens with zero attached hydrogens (tertiary/aromatic N) is 1. The Hall–Kier alpha value is -1.77. The molecule has 0 aliphatic heterocycles. The highest BCUT2D eigenvalue weighted by molar-refractivity contribution is 6.39. The number of hydrogen-bond acceptors (Lipinski definition) is 2. The normalized spacial score (nSPS) is 10.8. The lowest BCUT2D eigenvalue weighted by Crippen LogP contribution is -2.00. The molecular formula is C17H14Cl2N2. The Bertz CT molecular complexity index is 780. The molecule has 106 valence electrons. The molecule has 4 heteroatoms. The third-order valence-corrected chi connectivity index (χ3v) is 3.95. The lowest BCUT2D eigenvalue weighted by atomic mass is 10.1. The van der Waals surface area contributed by atoms with E-state index in [0.717, 1.165) is 27.8 Å². The van der Waals surface area contributed by atoms with Crippen molar-refractivity contribution in [3.05, 3.63) is 69.8 Å². The van der Waals surface area contributed by atoms with E-state index in [9.17, 15) is 0 Å². The van der Waals surface area contributed by atoms with Crippen LogP contribution >= 0.6 is 23.2 Å². The second kappa shape index (κ2) is 5.92. The van der Waals surface area contributed by atoms with Gasteiger partial charge in [-0.25, -0.2) is 0 Å². The van der Waals surface area contributed by atoms with Crippen molar-refractivity contribution >= 4 is 39.8 Å². The Labute approximate surface area is 133 Å². The van der Waals surface area contributed by atoms with Crippen LogP contribution in [-0.2, 0) is 6.54 Å². The number of para-hydroxylation sites is 1. The van der Waals surface area contributed by atoms with Crippen LogP contribution in [0.5, 0.6) is 0 Å². The monoisotopic (exact) mass is 316 g/mol. The van der Waals surface area contributed by atoms with Gasteiger partial charge in [0.05, 0.1) is 21.2 Å². The highest BCUT2D eigenvalue weighted by atomic mass is 35.5. The number of anilines is 1. The third kappa shape index (κ3) is 3.12. The molecule has 0 fully saturated rings. The Morgan fingerprint density at radius 2 is 1.76 bits per heavy atom. The molecule has 0 unspecified atom stereocenters. The van der Waals surface area contributed by atoms with E-state index in [0.29, 0.717) is 16.6 Å². The van der Waals surface area contributed by atoms with E-state index in [1.807, 2.05) is 37.3 Å². The van der Waals surface area contributed by atoms with Gasteiger partial charge in [-0.15, -0.1) is 0 Å². The predicted octanol–water partition coefficient (Wildman–Crippen LogP) is 5.46. The molecule has 1 heterocycles. The van der Waals surface area contributed by atoms with Crippen LogP contribution in [-0.4, -0.2) is 4.98 Å². The Morgan fingerprint density at radius 1 is 1.00 bits per heavy atom. The van der Waals surface area contributed by atoms with Crippen LogP contribution < -0.4 is 5.32 Å². The lowest BCUT2D eigenvalue weighted by molar-refractivity contribution is 1.15. The average molecular weight is 317 g/mol. The smallest absolute Gasteiger partial charge is 0.0721 e. The predicted molar refractivity (Wildman–Crippen MR) is 90.3 cm³/mol. The molecule has 0 amide bonds. The van der Waals surface area contributed by atoms with Gasteiger partial charge < -0.3 is 5.32 Å². The van der Waals surface area contributed by atoms with Gasteiger partial charge in [-0.1, -0.05) is 41.4 Å². The Balaban J connectivity index is 1.84. The summed E-state index contributed by atoms with van der Waals surface area (Å²) in [6, 6.07) is 15.8. The summed E-state index contributed by atoms with van der Waals surface area (Å²) in [6.07, 6.45) is 0. The molecule has 0 radical (unpaired) electrons. The summed E-state index contributed by atoms with van der Waals surface area (Å²) in [5.74, 6) is 0. The minimum absolute atomic E-state index is 0.626. The number of rotatable bonds is 3. The summed E-state index contributed by atoms with van der Waals surface area (Å²) in [5, 5.41) is 5.67. The van der Waals surface area contributed by atoms with E-state index >= 15 is 0 Å². The number of benzene rings is 2. The molecule has 0 bridgehead atoms. The van der Waals surface area contributed by atoms with Crippen molar-refractivity contribution in [2.45, 2.75) is 13.5 Å². The zero-order chi connectivity index (χ0) is 14.8. The van der Waals surface area contributed by atoms with Gasteiger partial charge in [-0.05, 0) is 42.8 Å². The highest BCUT2D eigenvalue weighted by Gasteiger charge is 2.05. The Kier molecular flexibility index (Phi) is 4.00. The van der Waals surface area contributed by atoms with E-state index in [4.69, 9.17) is 23.2 Å². The number of aromatic nitrogens is 1. The number of aryl methyl sites for hydroxylation is 1. The summed E-state index contributed by atoms with van der Waals surface area (Å²) < 4.78 is 0. The number of halogens is 2. The standard InChI is InChI=1S/C17H14Cl2N2/c1-11-5-7-13-9-12(6-8-16(13)21-11)10-20-17-14(18)3-2-4-15(17)19/h2-9,20H,10H2,1H3. The van der Waals surface area contributed by atoms with Crippen molar-refractivity contribution in [2.24, 2.45) is 0 Å². The zero-order valence-corrected chi connectivity index (χ0v) is 13.0. The topological polar surface area (TPSA) is 24.9 Å². The fourth-order valence-corrected chi connectivity index (χ4v) is 2.78. The lowest BCUT2D eigenvalue weighted by Gasteiger charge is -2.11. The second-order valence-electron chi connectivity index (χ2n) is 4.93. The summed E-state index contributed by atoms with van der Waals surface area (Å²) in [4.78, 5) is 4.50. The molecule has 3 aromatic rings. The maximum absolute atomic E-state index is 6.15. The van der Waals surface area contributed by atoms with Gasteiger partial charge in [0.25, 0.3) is 0 Å². The van der Waals surface area contributed by atoms with E-state index in [-0.39, 0.29) is 0 Å². The van der Waals surface area contributed by atoms with Gasteiger partial charge in [0.2, 0.25) is 0 Å². The summed E-state index contributed by atoms with van der Waals surface area (Å²) >= 11 is 12.3. The van der Waals surface area contributed by atoms with Gasteiger partial charge in [-0.2, -0.15) is 0 Å². The molecule has 1 aromatic heterocycles. The van der Waals surface area contributed by atoms with Gasteiger partial charge in [0, 0.05) is 17.6 Å². The van der Waals surface area contributed by atoms with Gasteiger partial charge >= 0.3 is 0 Å². The molecule has 21 heavy (non-hydrogen) atoms. The van der Waals surface area contributed by atoms with Crippen LogP contribution in [0.2, 0.25) is 10.0 Å². The zero-order valence-electron chi connectivity index (χ0n) is 11.5. The molecule has 0 atom stereocenters. The van der Waals surface area contributed by atoms with E-state index in [1.54, 1.807) is 0 Å². The first kappa shape index (κ1) is 14.2. The van der Waals surface area contributed by atoms with Crippen LogP contribution in [0.25, 0.3) is 10.9 Å². The summed E-state index contributed by atoms with van der Waals surface area (Å²) in [6.45, 7) is 2.65. The second-order valence-corrected chi connectivity index (χ2v) is 5.74. The van der Waals surface area contributed by atoms with Crippen molar-refractivity contribution in [3.8, 4) is 0 Å². The van der Waals surface area contributed by atoms with Crippen LogP contribution in [0.3, 0.4) is 0 Å². The van der Waals surface area contributed by atoms with Crippen molar-refractivity contribution < 1.29 is 0 Å². The quantitative estimate of drug-likeness (QED) is 0.693. The van der Waals surface area contributed by atoms with E-state index in [1.165, 1.54) is 0 Å². The van der Waals surface area contributed by atoms with Crippen LogP contribution in [0.15, 0.2) is 48.5 Å². The molecule has 0 saturated heterocycles. The van der Waals surface area contributed by atoms with Crippen molar-refractivity contribution in [1.82, 2.24) is 4.98 Å². The molecule has 0 spiro atoms. The van der Waals surface area contributed by atoms with Crippen molar-refractivity contribution in [2.75, 3.05) is 5.32 Å². The minimum atomic E-state index is 0.626. The van der Waals surface area contributed by atoms with Crippen molar-refractivity contribution in [3.63, 3.8) is 0 Å². The molecule has 0 saturated carbocycles. The number of pyridine rings is 1. The molecule has 1 N–H and O–H groups in total. The fourth-order valence-electron chi connectivity index (χ4n) is 2.24. The fraction of sp³-hybridized carbons (Fsp3) is 0.118. The highest BCUT2D eigenvalue weighted by Crippen LogP contribution is 2.30. The Morgan fingerprint density at radius 3 is 2.52 bits per heavy atom. The third-order valence-electron chi connectivity index (χ3n) is 3.32. The van der Waals surface area contributed by atoms with E-state index < -0.39 is 0 Å². The van der Waals surface area contributed by atoms with Crippen LogP contribution in [0.4, 0.5) is 5.69 Å². The molecule has 2 aromatic carbocycles. The summed E-state index contributed by atoms with van der Waals surface area (Å²) in [7, 11) is 0. The molecular weight excluding hydrogens is 303 g/mol. The largest absolute Gasteiger partial charge is 0.379 e. The van der Waals surface area contributed by atoms with Crippen molar-refractivity contribution in [1.29, 1.82) is 0 Å². The number of hydrogen-bond donors (Lipinski definition) is 1. The molecule has 3 rings (SSSR count). The van der Waals surface area contributed by atoms with Crippen LogP contribution in [0, 0.1) is 6.92 Å². The SMILES string of the molecule is Cc1ccc2cc(CNc3c(Cl)cccc3Cl)ccc2n1. The van der Waals surface area contributed by atoms with Gasteiger partial charge in [-0.3, -0.25) is 4.98 Å². The molecule has 0 aliphatic rings. The maximum atomic E-state index is 6.15. The minimum Gasteiger partial charge on any atom is -0.379 e. The average Bonchev–Trinajstić information content (AvgIpc) is 2.47. The van der Waals surface area contributed by atoms with Gasteiger partial charge in [0.1, 0.15) is 0 Å². The molecule has 2 nitrogen and oxygen atoms in total. The first-order valence-electron chi connectivity index (χ1n) is 6.68. The number of nitrogens with one attached hydrogen (secondary N) is 1. The maximum Gasteiger partial charge on any atom is 0.0721 e. The number of fused-ring (bicyclic) bond motifs is 1. The van der Waals surface area contributed by atoms with E-state index in [2.05, 4.69) is 28.5 Å². The van der Waals surface area contributed by atoms with Gasteiger partial charge in [0.15, 0.2) is 0 Å². The van der Waals surface area contributed by atoms with Crippen LogP contribution in [0.1, 0.15) is 11.3 Å². The first-order chi connectivity index (χ1) is 10.1. The first-order valence-corrected chi connectivity index (χ1v) is 7.43. The molecule has 0 aliphatic carbocycles.